The fraction of sp³-hybridized carbons (Fsp3) is 0.400. The quantitative estimate of drug-likeness (QED) is 0.747. The Kier molecular flexibility index (Phi) is 4.40. The molecule has 0 saturated carbocycles. The monoisotopic (exact) mass is 209 g/mol. The van der Waals surface area contributed by atoms with Crippen LogP contribution in [-0.4, -0.2) is 31.1 Å². The van der Waals surface area contributed by atoms with Crippen molar-refractivity contribution < 1.29 is 9.53 Å². The molecule has 5 nitrogen and oxygen atoms in total. The summed E-state index contributed by atoms with van der Waals surface area (Å²) in [7, 11) is 1.55. The molecule has 0 aliphatic carbocycles. The summed E-state index contributed by atoms with van der Waals surface area (Å²) in [4.78, 5) is 15.2. The molecule has 1 aromatic heterocycles. The molecule has 82 valence electrons. The second-order valence-electron chi connectivity index (χ2n) is 2.87. The Balaban J connectivity index is 2.46. The fourth-order valence-electron chi connectivity index (χ4n) is 1.06. The number of pyridine rings is 1. The maximum atomic E-state index is 11.1. The van der Waals surface area contributed by atoms with Gasteiger partial charge >= 0.3 is 0 Å². The molecule has 1 amide bonds. The second kappa shape index (κ2) is 5.85. The fourth-order valence-corrected chi connectivity index (χ4v) is 1.06. The zero-order valence-corrected chi connectivity index (χ0v) is 8.91. The van der Waals surface area contributed by atoms with Gasteiger partial charge in [0.05, 0.1) is 13.7 Å². The Morgan fingerprint density at radius 1 is 1.53 bits per heavy atom. The van der Waals surface area contributed by atoms with Gasteiger partial charge in [0.15, 0.2) is 0 Å². The van der Waals surface area contributed by atoms with Gasteiger partial charge in [0.25, 0.3) is 0 Å². The van der Waals surface area contributed by atoms with Crippen LogP contribution in [0.4, 0.5) is 5.82 Å². The van der Waals surface area contributed by atoms with E-state index >= 15 is 0 Å². The van der Waals surface area contributed by atoms with Crippen LogP contribution in [0.25, 0.3) is 0 Å². The molecule has 1 rings (SSSR count). The number of aromatic nitrogens is 1. The van der Waals surface area contributed by atoms with Crippen molar-refractivity contribution in [1.29, 1.82) is 0 Å². The third-order valence-corrected chi connectivity index (χ3v) is 1.74. The van der Waals surface area contributed by atoms with E-state index in [-0.39, 0.29) is 12.5 Å². The third kappa shape index (κ3) is 3.84. The van der Waals surface area contributed by atoms with E-state index in [0.29, 0.717) is 18.2 Å². The number of methoxy groups -OCH3 is 1. The number of carbonyl (C=O) groups excluding carboxylic acids is 1. The SMILES string of the molecule is CCNC(=O)CNc1cccc(OC)n1. The van der Waals surface area contributed by atoms with Crippen LogP contribution in [0.3, 0.4) is 0 Å². The summed E-state index contributed by atoms with van der Waals surface area (Å²) in [5.74, 6) is 1.10. The molecular formula is C10H15N3O2. The molecule has 0 unspecified atom stereocenters. The molecular weight excluding hydrogens is 194 g/mol. The lowest BCUT2D eigenvalue weighted by molar-refractivity contribution is -0.119. The van der Waals surface area contributed by atoms with Gasteiger partial charge in [-0.3, -0.25) is 4.79 Å². The van der Waals surface area contributed by atoms with E-state index in [2.05, 4.69) is 15.6 Å². The van der Waals surface area contributed by atoms with E-state index in [1.54, 1.807) is 19.2 Å². The number of carbonyl (C=O) groups is 1. The third-order valence-electron chi connectivity index (χ3n) is 1.74. The zero-order valence-electron chi connectivity index (χ0n) is 8.91. The molecule has 0 atom stereocenters. The van der Waals surface area contributed by atoms with Gasteiger partial charge in [-0.25, -0.2) is 0 Å². The molecule has 0 radical (unpaired) electrons. The average molecular weight is 209 g/mol. The first-order chi connectivity index (χ1) is 7.26. The van der Waals surface area contributed by atoms with Gasteiger partial charge in [-0.15, -0.1) is 0 Å². The Bertz CT molecular complexity index is 328. The number of anilines is 1. The number of nitrogens with one attached hydrogen (secondary N) is 2. The van der Waals surface area contributed by atoms with Gasteiger partial charge in [0.1, 0.15) is 5.82 Å². The van der Waals surface area contributed by atoms with E-state index in [0.717, 1.165) is 0 Å². The highest BCUT2D eigenvalue weighted by Crippen LogP contribution is 2.09. The van der Waals surface area contributed by atoms with Crippen LogP contribution in [0, 0.1) is 0 Å². The molecule has 0 aliphatic heterocycles. The minimum atomic E-state index is -0.0536. The predicted octanol–water partition coefficient (Wildman–Crippen LogP) is 0.638. The van der Waals surface area contributed by atoms with Crippen molar-refractivity contribution in [3.8, 4) is 5.88 Å². The van der Waals surface area contributed by atoms with Gasteiger partial charge in [0.2, 0.25) is 11.8 Å². The van der Waals surface area contributed by atoms with Crippen molar-refractivity contribution in [3.63, 3.8) is 0 Å². The first-order valence-corrected chi connectivity index (χ1v) is 4.78. The zero-order chi connectivity index (χ0) is 11.1. The number of nitrogens with zero attached hydrogens (tertiary/aromatic N) is 1. The smallest absolute Gasteiger partial charge is 0.239 e. The Hall–Kier alpha value is -1.78. The first kappa shape index (κ1) is 11.3. The average Bonchev–Trinajstić information content (AvgIpc) is 2.27. The summed E-state index contributed by atoms with van der Waals surface area (Å²) >= 11 is 0. The van der Waals surface area contributed by atoms with Crippen molar-refractivity contribution in [2.24, 2.45) is 0 Å². The molecule has 1 aromatic rings. The van der Waals surface area contributed by atoms with Gasteiger partial charge in [-0.2, -0.15) is 4.98 Å². The molecule has 1 heterocycles. The van der Waals surface area contributed by atoms with Gasteiger partial charge in [-0.1, -0.05) is 6.07 Å². The Morgan fingerprint density at radius 2 is 2.33 bits per heavy atom. The van der Waals surface area contributed by atoms with Crippen LogP contribution >= 0.6 is 0 Å². The van der Waals surface area contributed by atoms with Crippen molar-refractivity contribution in [3.05, 3.63) is 18.2 Å². The normalized spacial score (nSPS) is 9.47. The Labute approximate surface area is 88.9 Å². The number of amides is 1. The highest BCUT2D eigenvalue weighted by atomic mass is 16.5. The minimum absolute atomic E-state index is 0.0536. The highest BCUT2D eigenvalue weighted by molar-refractivity contribution is 5.80. The summed E-state index contributed by atoms with van der Waals surface area (Å²) < 4.78 is 4.96. The number of likely N-dealkylation sites (N-methyl/N-ethyl adjacent to an activating group) is 1. The molecule has 0 spiro atoms. The maximum Gasteiger partial charge on any atom is 0.239 e. The highest BCUT2D eigenvalue weighted by Gasteiger charge is 2.00. The first-order valence-electron chi connectivity index (χ1n) is 4.78. The minimum Gasteiger partial charge on any atom is -0.481 e. The lowest BCUT2D eigenvalue weighted by atomic mass is 10.4. The summed E-state index contributed by atoms with van der Waals surface area (Å²) in [6, 6.07) is 5.34. The number of hydrogen-bond donors (Lipinski definition) is 2. The molecule has 0 aliphatic rings. The van der Waals surface area contributed by atoms with Crippen LogP contribution in [0.15, 0.2) is 18.2 Å². The van der Waals surface area contributed by atoms with E-state index in [9.17, 15) is 4.79 Å². The number of ether oxygens (including phenoxy) is 1. The summed E-state index contributed by atoms with van der Waals surface area (Å²) in [6.45, 7) is 2.72. The predicted molar refractivity (Wildman–Crippen MR) is 58.0 cm³/mol. The topological polar surface area (TPSA) is 63.2 Å². The maximum absolute atomic E-state index is 11.1. The molecule has 2 N–H and O–H groups in total. The number of hydrogen-bond acceptors (Lipinski definition) is 4. The molecule has 0 aromatic carbocycles. The molecule has 0 fully saturated rings. The lowest BCUT2D eigenvalue weighted by Gasteiger charge is -2.06. The van der Waals surface area contributed by atoms with Crippen molar-refractivity contribution in [2.45, 2.75) is 6.92 Å². The van der Waals surface area contributed by atoms with Crippen LogP contribution in [0.1, 0.15) is 6.92 Å². The molecule has 0 bridgehead atoms. The van der Waals surface area contributed by atoms with Crippen LogP contribution < -0.4 is 15.4 Å². The van der Waals surface area contributed by atoms with Crippen molar-refractivity contribution >= 4 is 11.7 Å². The summed E-state index contributed by atoms with van der Waals surface area (Å²) in [5.41, 5.74) is 0. The van der Waals surface area contributed by atoms with Gasteiger partial charge in [0, 0.05) is 12.6 Å². The molecule has 0 saturated heterocycles. The lowest BCUT2D eigenvalue weighted by Crippen LogP contribution is -2.29. The van der Waals surface area contributed by atoms with E-state index in [1.807, 2.05) is 13.0 Å². The van der Waals surface area contributed by atoms with Gasteiger partial charge in [-0.05, 0) is 13.0 Å². The summed E-state index contributed by atoms with van der Waals surface area (Å²) in [6.07, 6.45) is 0. The largest absolute Gasteiger partial charge is 0.481 e. The Morgan fingerprint density at radius 3 is 3.00 bits per heavy atom. The molecule has 5 heteroatoms. The summed E-state index contributed by atoms with van der Waals surface area (Å²) in [5, 5.41) is 5.58. The van der Waals surface area contributed by atoms with Crippen LogP contribution in [0.2, 0.25) is 0 Å². The van der Waals surface area contributed by atoms with Crippen LogP contribution in [-0.2, 0) is 4.79 Å². The van der Waals surface area contributed by atoms with Crippen LogP contribution in [0.5, 0.6) is 5.88 Å². The number of rotatable bonds is 5. The van der Waals surface area contributed by atoms with Crippen molar-refractivity contribution in [2.75, 3.05) is 25.5 Å². The standard InChI is InChI=1S/C10H15N3O2/c1-3-11-9(14)7-12-8-5-4-6-10(13-8)15-2/h4-6H,3,7H2,1-2H3,(H,11,14)(H,12,13). The second-order valence-corrected chi connectivity index (χ2v) is 2.87. The van der Waals surface area contributed by atoms with Gasteiger partial charge < -0.3 is 15.4 Å². The molecule has 15 heavy (non-hydrogen) atoms. The van der Waals surface area contributed by atoms with E-state index in [4.69, 9.17) is 4.74 Å². The van der Waals surface area contributed by atoms with E-state index < -0.39 is 0 Å². The van der Waals surface area contributed by atoms with E-state index in [1.165, 1.54) is 0 Å². The van der Waals surface area contributed by atoms with Crippen molar-refractivity contribution in [1.82, 2.24) is 10.3 Å².